The predicted molar refractivity (Wildman–Crippen MR) is 35.4 cm³/mol. The molecule has 0 amide bonds. The summed E-state index contributed by atoms with van der Waals surface area (Å²) in [6, 6.07) is 0. The van der Waals surface area contributed by atoms with Crippen molar-refractivity contribution >= 4 is 0 Å². The summed E-state index contributed by atoms with van der Waals surface area (Å²) in [5.41, 5.74) is 0. The second kappa shape index (κ2) is 3.82. The van der Waals surface area contributed by atoms with Gasteiger partial charge in [0.15, 0.2) is 0 Å². The first-order valence-corrected chi connectivity index (χ1v) is 3.27. The lowest BCUT2D eigenvalue weighted by molar-refractivity contribution is -1.11. The number of aliphatic hydroxyl groups is 1. The molecule has 0 aromatic rings. The third-order valence-electron chi connectivity index (χ3n) is 1.80. The fraction of sp³-hybridized carbons (Fsp3) is 1.00. The molecule has 0 heterocycles. The number of rotatable bonds is 4. The van der Waals surface area contributed by atoms with Crippen LogP contribution in [-0.4, -0.2) is 36.7 Å². The van der Waals surface area contributed by atoms with Gasteiger partial charge in [-0.2, -0.15) is 4.65 Å². The summed E-state index contributed by atoms with van der Waals surface area (Å²) in [5.74, 6) is 0. The molecule has 0 atom stereocenters. The fourth-order valence-corrected chi connectivity index (χ4v) is 0.740. The van der Waals surface area contributed by atoms with Gasteiger partial charge in [-0.25, -0.2) is 4.84 Å². The summed E-state index contributed by atoms with van der Waals surface area (Å²) in [6.45, 7) is 5.66. The average molecular weight is 134 g/mol. The summed E-state index contributed by atoms with van der Waals surface area (Å²) < 4.78 is 0.333. The molecule has 0 spiro atoms. The van der Waals surface area contributed by atoms with E-state index in [1.54, 1.807) is 7.11 Å². The Morgan fingerprint density at radius 3 is 1.78 bits per heavy atom. The molecule has 0 aliphatic heterocycles. The molecular formula is C6H16NO2+. The maximum Gasteiger partial charge on any atom is 0.210 e. The maximum atomic E-state index is 8.82. The molecule has 1 N–H and O–H groups in total. The molecule has 56 valence electrons. The topological polar surface area (TPSA) is 29.5 Å². The van der Waals surface area contributed by atoms with E-state index < -0.39 is 0 Å². The lowest BCUT2D eigenvalue weighted by Gasteiger charge is -2.29. The fourth-order valence-electron chi connectivity index (χ4n) is 0.740. The van der Waals surface area contributed by atoms with Crippen molar-refractivity contribution in [3.05, 3.63) is 0 Å². The number of hydroxylamine groups is 3. The normalized spacial score (nSPS) is 12.0. The highest BCUT2D eigenvalue weighted by atomic mass is 16.7. The van der Waals surface area contributed by atoms with Crippen molar-refractivity contribution in [3.8, 4) is 0 Å². The van der Waals surface area contributed by atoms with E-state index in [0.29, 0.717) is 4.65 Å². The van der Waals surface area contributed by atoms with Crippen molar-refractivity contribution < 1.29 is 14.6 Å². The van der Waals surface area contributed by atoms with Gasteiger partial charge in [-0.3, -0.25) is 0 Å². The van der Waals surface area contributed by atoms with Crippen LogP contribution in [0.5, 0.6) is 0 Å². The van der Waals surface area contributed by atoms with Crippen LogP contribution in [0.4, 0.5) is 0 Å². The van der Waals surface area contributed by atoms with Crippen LogP contribution in [0.25, 0.3) is 0 Å². The molecule has 9 heavy (non-hydrogen) atoms. The van der Waals surface area contributed by atoms with Crippen molar-refractivity contribution in [2.75, 3.05) is 26.9 Å². The minimum absolute atomic E-state index is 0.0590. The SMILES string of the molecule is CC[N+](CC)(CO)OC. The first-order valence-electron chi connectivity index (χ1n) is 3.27. The second-order valence-electron chi connectivity index (χ2n) is 2.01. The molecule has 0 aliphatic carbocycles. The molecule has 0 unspecified atom stereocenters. The van der Waals surface area contributed by atoms with Crippen molar-refractivity contribution in [2.24, 2.45) is 0 Å². The molecule has 0 fully saturated rings. The molecular weight excluding hydrogens is 118 g/mol. The smallest absolute Gasteiger partial charge is 0.210 e. The lowest BCUT2D eigenvalue weighted by Crippen LogP contribution is -2.47. The van der Waals surface area contributed by atoms with Gasteiger partial charge in [-0.05, 0) is 13.8 Å². The highest BCUT2D eigenvalue weighted by Gasteiger charge is 2.21. The largest absolute Gasteiger partial charge is 0.345 e. The van der Waals surface area contributed by atoms with E-state index in [-0.39, 0.29) is 6.73 Å². The Morgan fingerprint density at radius 2 is 1.78 bits per heavy atom. The van der Waals surface area contributed by atoms with E-state index in [0.717, 1.165) is 13.1 Å². The van der Waals surface area contributed by atoms with Crippen LogP contribution in [0.3, 0.4) is 0 Å². The highest BCUT2D eigenvalue weighted by Crippen LogP contribution is 2.02. The molecule has 0 aliphatic rings. The zero-order valence-corrected chi connectivity index (χ0v) is 6.42. The van der Waals surface area contributed by atoms with Crippen molar-refractivity contribution in [1.82, 2.24) is 0 Å². The van der Waals surface area contributed by atoms with Crippen molar-refractivity contribution in [3.63, 3.8) is 0 Å². The maximum absolute atomic E-state index is 8.82. The molecule has 0 rings (SSSR count). The molecule has 3 nitrogen and oxygen atoms in total. The summed E-state index contributed by atoms with van der Waals surface area (Å²) in [5, 5.41) is 8.82. The Morgan fingerprint density at radius 1 is 1.33 bits per heavy atom. The van der Waals surface area contributed by atoms with E-state index in [1.807, 2.05) is 13.8 Å². The Bertz CT molecular complexity index is 53.9. The van der Waals surface area contributed by atoms with Crippen LogP contribution < -0.4 is 0 Å². The Labute approximate surface area is 56.4 Å². The highest BCUT2D eigenvalue weighted by molar-refractivity contribution is 4.15. The van der Waals surface area contributed by atoms with Gasteiger partial charge in [0.05, 0.1) is 7.11 Å². The molecule has 0 aromatic carbocycles. The third kappa shape index (κ3) is 1.93. The van der Waals surface area contributed by atoms with Crippen LogP contribution in [0.2, 0.25) is 0 Å². The van der Waals surface area contributed by atoms with Gasteiger partial charge in [0.2, 0.25) is 6.73 Å². The number of hydrogen-bond acceptors (Lipinski definition) is 2. The van der Waals surface area contributed by atoms with Gasteiger partial charge in [0, 0.05) is 0 Å². The zero-order valence-electron chi connectivity index (χ0n) is 6.42. The number of quaternary nitrogens is 1. The average Bonchev–Trinajstić information content (AvgIpc) is 1.95. The summed E-state index contributed by atoms with van der Waals surface area (Å²) in [6.07, 6.45) is 0. The lowest BCUT2D eigenvalue weighted by atomic mass is 10.5. The quantitative estimate of drug-likeness (QED) is 0.341. The van der Waals surface area contributed by atoms with E-state index in [9.17, 15) is 0 Å². The van der Waals surface area contributed by atoms with E-state index in [2.05, 4.69) is 0 Å². The molecule has 0 saturated heterocycles. The molecule has 0 saturated carbocycles. The van der Waals surface area contributed by atoms with Gasteiger partial charge >= 0.3 is 0 Å². The molecule has 3 heteroatoms. The summed E-state index contributed by atoms with van der Waals surface area (Å²) in [7, 11) is 1.61. The van der Waals surface area contributed by atoms with E-state index >= 15 is 0 Å². The Kier molecular flexibility index (Phi) is 3.77. The Balaban J connectivity index is 3.82. The molecule has 0 aromatic heterocycles. The second-order valence-corrected chi connectivity index (χ2v) is 2.01. The minimum Gasteiger partial charge on any atom is -0.345 e. The van der Waals surface area contributed by atoms with Crippen LogP contribution in [0, 0.1) is 0 Å². The zero-order chi connectivity index (χ0) is 7.33. The van der Waals surface area contributed by atoms with Gasteiger partial charge < -0.3 is 5.11 Å². The number of hydrogen-bond donors (Lipinski definition) is 1. The van der Waals surface area contributed by atoms with Crippen LogP contribution in [0.1, 0.15) is 13.8 Å². The predicted octanol–water partition coefficient (Wildman–Crippen LogP) is 0.354. The summed E-state index contributed by atoms with van der Waals surface area (Å²) >= 11 is 0. The van der Waals surface area contributed by atoms with Gasteiger partial charge in [0.1, 0.15) is 13.1 Å². The Hall–Kier alpha value is -0.120. The summed E-state index contributed by atoms with van der Waals surface area (Å²) in [4.78, 5) is 5.07. The van der Waals surface area contributed by atoms with Gasteiger partial charge in [-0.15, -0.1) is 0 Å². The van der Waals surface area contributed by atoms with Crippen LogP contribution in [0.15, 0.2) is 0 Å². The number of aliphatic hydroxyl groups excluding tert-OH is 1. The third-order valence-corrected chi connectivity index (χ3v) is 1.80. The van der Waals surface area contributed by atoms with Gasteiger partial charge in [-0.1, -0.05) is 0 Å². The molecule has 0 bridgehead atoms. The van der Waals surface area contributed by atoms with Crippen LogP contribution >= 0.6 is 0 Å². The van der Waals surface area contributed by atoms with Crippen molar-refractivity contribution in [2.45, 2.75) is 13.8 Å². The monoisotopic (exact) mass is 134 g/mol. The van der Waals surface area contributed by atoms with Crippen LogP contribution in [-0.2, 0) is 4.84 Å². The number of nitrogens with zero attached hydrogens (tertiary/aromatic N) is 1. The minimum atomic E-state index is 0.0590. The molecule has 0 radical (unpaired) electrons. The first-order chi connectivity index (χ1) is 4.24. The van der Waals surface area contributed by atoms with E-state index in [4.69, 9.17) is 9.94 Å². The van der Waals surface area contributed by atoms with Gasteiger partial charge in [0.25, 0.3) is 0 Å². The first kappa shape index (κ1) is 8.88. The van der Waals surface area contributed by atoms with Crippen molar-refractivity contribution in [1.29, 1.82) is 0 Å². The van der Waals surface area contributed by atoms with E-state index in [1.165, 1.54) is 0 Å². The standard InChI is InChI=1S/C6H16NO2/c1-4-7(5-2,6-8)9-3/h8H,4-6H2,1-3H3/q+1.